The van der Waals surface area contributed by atoms with Crippen LogP contribution in [0.5, 0.6) is 0 Å². The van der Waals surface area contributed by atoms with E-state index in [0.29, 0.717) is 13.2 Å². The quantitative estimate of drug-likeness (QED) is 0.542. The Balaban J connectivity index is 1.71. The SMILES string of the molecule is CCNC(=NCC(c1ccco1)N(CC)CC)N1CCOC(C2CCCO2)C1. The van der Waals surface area contributed by atoms with Gasteiger partial charge in [0.25, 0.3) is 0 Å². The van der Waals surface area contributed by atoms with Crippen LogP contribution in [0.3, 0.4) is 0 Å². The molecule has 158 valence electrons. The van der Waals surface area contributed by atoms with Crippen LogP contribution < -0.4 is 5.32 Å². The lowest BCUT2D eigenvalue weighted by Crippen LogP contribution is -2.53. The molecule has 2 fully saturated rings. The van der Waals surface area contributed by atoms with Gasteiger partial charge in [-0.2, -0.15) is 0 Å². The zero-order valence-electron chi connectivity index (χ0n) is 17.6. The molecule has 3 rings (SSSR count). The fourth-order valence-electron chi connectivity index (χ4n) is 4.12. The molecule has 0 spiro atoms. The maximum Gasteiger partial charge on any atom is 0.194 e. The van der Waals surface area contributed by atoms with E-state index in [0.717, 1.165) is 63.9 Å². The number of rotatable bonds is 8. The van der Waals surface area contributed by atoms with Gasteiger partial charge in [-0.05, 0) is 45.0 Å². The second kappa shape index (κ2) is 10.8. The van der Waals surface area contributed by atoms with Gasteiger partial charge in [0.2, 0.25) is 0 Å². The van der Waals surface area contributed by atoms with E-state index in [1.54, 1.807) is 6.26 Å². The molecule has 1 aromatic rings. The van der Waals surface area contributed by atoms with Crippen LogP contribution in [0.2, 0.25) is 0 Å². The maximum atomic E-state index is 6.01. The number of nitrogens with one attached hydrogen (secondary N) is 1. The van der Waals surface area contributed by atoms with Crippen molar-refractivity contribution in [1.29, 1.82) is 0 Å². The van der Waals surface area contributed by atoms with Crippen LogP contribution in [-0.4, -0.2) is 80.4 Å². The third-order valence-corrected chi connectivity index (χ3v) is 5.65. The average molecular weight is 393 g/mol. The van der Waals surface area contributed by atoms with Gasteiger partial charge in [-0.15, -0.1) is 0 Å². The van der Waals surface area contributed by atoms with Gasteiger partial charge in [-0.1, -0.05) is 13.8 Å². The van der Waals surface area contributed by atoms with Gasteiger partial charge in [0.15, 0.2) is 5.96 Å². The van der Waals surface area contributed by atoms with E-state index in [4.69, 9.17) is 18.9 Å². The van der Waals surface area contributed by atoms with Gasteiger partial charge in [-0.3, -0.25) is 9.89 Å². The first-order valence-electron chi connectivity index (χ1n) is 10.8. The summed E-state index contributed by atoms with van der Waals surface area (Å²) in [5.41, 5.74) is 0. The number of aliphatic imine (C=N–C) groups is 1. The zero-order chi connectivity index (χ0) is 19.8. The van der Waals surface area contributed by atoms with Gasteiger partial charge in [-0.25, -0.2) is 0 Å². The first kappa shape index (κ1) is 21.1. The Hall–Kier alpha value is -1.57. The first-order valence-corrected chi connectivity index (χ1v) is 10.8. The fourth-order valence-corrected chi connectivity index (χ4v) is 4.12. The Bertz CT molecular complexity index is 582. The van der Waals surface area contributed by atoms with Crippen molar-refractivity contribution >= 4 is 5.96 Å². The summed E-state index contributed by atoms with van der Waals surface area (Å²) in [5, 5.41) is 3.47. The molecule has 1 aromatic heterocycles. The summed E-state index contributed by atoms with van der Waals surface area (Å²) in [6.07, 6.45) is 4.32. The zero-order valence-corrected chi connectivity index (χ0v) is 17.6. The lowest BCUT2D eigenvalue weighted by Gasteiger charge is -2.37. The van der Waals surface area contributed by atoms with Gasteiger partial charge in [0.05, 0.1) is 31.6 Å². The van der Waals surface area contributed by atoms with Gasteiger partial charge >= 0.3 is 0 Å². The van der Waals surface area contributed by atoms with Gasteiger partial charge in [0.1, 0.15) is 11.9 Å². The van der Waals surface area contributed by atoms with E-state index in [2.05, 4.69) is 35.9 Å². The summed E-state index contributed by atoms with van der Waals surface area (Å²) in [4.78, 5) is 9.71. The maximum absolute atomic E-state index is 6.01. The molecule has 0 bridgehead atoms. The highest BCUT2D eigenvalue weighted by Gasteiger charge is 2.32. The molecule has 1 N–H and O–H groups in total. The summed E-state index contributed by atoms with van der Waals surface area (Å²) in [5.74, 6) is 1.93. The third-order valence-electron chi connectivity index (χ3n) is 5.65. The minimum atomic E-state index is 0.128. The molecule has 3 unspecified atom stereocenters. The van der Waals surface area contributed by atoms with Gasteiger partial charge < -0.3 is 24.1 Å². The van der Waals surface area contributed by atoms with Crippen molar-refractivity contribution < 1.29 is 13.9 Å². The van der Waals surface area contributed by atoms with Crippen molar-refractivity contribution in [3.63, 3.8) is 0 Å². The van der Waals surface area contributed by atoms with Gasteiger partial charge in [0, 0.05) is 26.2 Å². The van der Waals surface area contributed by atoms with Crippen LogP contribution in [0, 0.1) is 0 Å². The summed E-state index contributed by atoms with van der Waals surface area (Å²) in [7, 11) is 0. The largest absolute Gasteiger partial charge is 0.468 e. The molecular formula is C21H36N4O3. The summed E-state index contributed by atoms with van der Waals surface area (Å²) in [6.45, 7) is 13.2. The van der Waals surface area contributed by atoms with Crippen molar-refractivity contribution in [3.05, 3.63) is 24.2 Å². The van der Waals surface area contributed by atoms with Crippen molar-refractivity contribution in [1.82, 2.24) is 15.1 Å². The van der Waals surface area contributed by atoms with Crippen LogP contribution >= 0.6 is 0 Å². The fraction of sp³-hybridized carbons (Fsp3) is 0.762. The van der Waals surface area contributed by atoms with Crippen molar-refractivity contribution in [2.24, 2.45) is 4.99 Å². The number of nitrogens with zero attached hydrogens (tertiary/aromatic N) is 3. The Labute approximate surface area is 169 Å². The number of guanidine groups is 1. The molecule has 2 saturated heterocycles. The Morgan fingerprint density at radius 3 is 2.71 bits per heavy atom. The van der Waals surface area contributed by atoms with Crippen LogP contribution in [0.25, 0.3) is 0 Å². The Morgan fingerprint density at radius 1 is 1.25 bits per heavy atom. The number of hydrogen-bond acceptors (Lipinski definition) is 5. The highest BCUT2D eigenvalue weighted by molar-refractivity contribution is 5.80. The molecule has 0 radical (unpaired) electrons. The standard InChI is InChI=1S/C21H36N4O3/c1-4-22-21(25-11-14-28-20(16-25)19-10-8-13-27-19)23-15-17(24(5-2)6-3)18-9-7-12-26-18/h7,9,12,17,19-20H,4-6,8,10-11,13-16H2,1-3H3,(H,22,23). The molecule has 7 nitrogen and oxygen atoms in total. The van der Waals surface area contributed by atoms with Crippen LogP contribution in [0.15, 0.2) is 27.8 Å². The van der Waals surface area contributed by atoms with E-state index in [-0.39, 0.29) is 18.2 Å². The second-order valence-electron chi connectivity index (χ2n) is 7.35. The molecule has 0 aromatic carbocycles. The number of furan rings is 1. The Kier molecular flexibility index (Phi) is 8.18. The van der Waals surface area contributed by atoms with E-state index < -0.39 is 0 Å². The molecule has 0 saturated carbocycles. The average Bonchev–Trinajstić information content (AvgIpc) is 3.44. The molecule has 2 aliphatic heterocycles. The van der Waals surface area contributed by atoms with Crippen molar-refractivity contribution in [2.45, 2.75) is 51.9 Å². The summed E-state index contributed by atoms with van der Waals surface area (Å²) >= 11 is 0. The normalized spacial score (nSPS) is 24.7. The van der Waals surface area contributed by atoms with E-state index >= 15 is 0 Å². The first-order chi connectivity index (χ1) is 13.8. The summed E-state index contributed by atoms with van der Waals surface area (Å²) < 4.78 is 17.6. The van der Waals surface area contributed by atoms with Crippen molar-refractivity contribution in [2.75, 3.05) is 52.5 Å². The highest BCUT2D eigenvalue weighted by Crippen LogP contribution is 2.23. The molecule has 3 heterocycles. The molecule has 2 aliphatic rings. The monoisotopic (exact) mass is 392 g/mol. The number of likely N-dealkylation sites (N-methyl/N-ethyl adjacent to an activating group) is 1. The minimum Gasteiger partial charge on any atom is -0.468 e. The minimum absolute atomic E-state index is 0.128. The lowest BCUT2D eigenvalue weighted by molar-refractivity contribution is -0.0817. The molecule has 7 heteroatoms. The molecule has 3 atom stereocenters. The molecule has 0 aliphatic carbocycles. The number of hydrogen-bond donors (Lipinski definition) is 1. The highest BCUT2D eigenvalue weighted by atomic mass is 16.5. The predicted molar refractivity (Wildman–Crippen MR) is 111 cm³/mol. The van der Waals surface area contributed by atoms with Crippen LogP contribution in [-0.2, 0) is 9.47 Å². The lowest BCUT2D eigenvalue weighted by atomic mass is 10.1. The van der Waals surface area contributed by atoms with E-state index in [1.807, 2.05) is 12.1 Å². The summed E-state index contributed by atoms with van der Waals surface area (Å²) in [6, 6.07) is 4.15. The third kappa shape index (κ3) is 5.27. The Morgan fingerprint density at radius 2 is 2.07 bits per heavy atom. The van der Waals surface area contributed by atoms with E-state index in [1.165, 1.54) is 0 Å². The predicted octanol–water partition coefficient (Wildman–Crippen LogP) is 2.51. The van der Waals surface area contributed by atoms with Crippen molar-refractivity contribution in [3.8, 4) is 0 Å². The number of morpholine rings is 1. The molecular weight excluding hydrogens is 356 g/mol. The molecule has 0 amide bonds. The smallest absolute Gasteiger partial charge is 0.194 e. The topological polar surface area (TPSA) is 62.5 Å². The van der Waals surface area contributed by atoms with Crippen LogP contribution in [0.1, 0.15) is 45.4 Å². The van der Waals surface area contributed by atoms with E-state index in [9.17, 15) is 0 Å². The number of ether oxygens (including phenoxy) is 2. The molecule has 28 heavy (non-hydrogen) atoms. The second-order valence-corrected chi connectivity index (χ2v) is 7.35. The van der Waals surface area contributed by atoms with Crippen LogP contribution in [0.4, 0.5) is 0 Å².